The Balaban J connectivity index is 1.90. The number of hydrogen-bond donors (Lipinski definition) is 3. The first kappa shape index (κ1) is 14.0. The summed E-state index contributed by atoms with van der Waals surface area (Å²) >= 11 is 0. The van der Waals surface area contributed by atoms with Crippen LogP contribution in [0.1, 0.15) is 11.1 Å². The predicted octanol–water partition coefficient (Wildman–Crippen LogP) is 1.90. The maximum atomic E-state index is 11.1. The van der Waals surface area contributed by atoms with Gasteiger partial charge in [0.1, 0.15) is 5.82 Å². The van der Waals surface area contributed by atoms with Crippen LogP contribution in [0.4, 0.5) is 11.5 Å². The summed E-state index contributed by atoms with van der Waals surface area (Å²) in [6.45, 7) is 2.74. The normalized spacial score (nSPS) is 10.1. The molecule has 0 aliphatic heterocycles. The van der Waals surface area contributed by atoms with E-state index in [0.717, 1.165) is 5.82 Å². The fourth-order valence-corrected chi connectivity index (χ4v) is 1.68. The number of amides is 1. The summed E-state index contributed by atoms with van der Waals surface area (Å²) in [4.78, 5) is 15.4. The van der Waals surface area contributed by atoms with Gasteiger partial charge in [-0.3, -0.25) is 4.79 Å². The smallest absolute Gasteiger partial charge is 0.238 e. The Morgan fingerprint density at radius 1 is 1.20 bits per heavy atom. The molecule has 0 spiro atoms. The average molecular weight is 270 g/mol. The number of nitrogens with one attached hydrogen (secondary N) is 2. The number of carbonyl (C=O) groups is 1. The summed E-state index contributed by atoms with van der Waals surface area (Å²) in [6.07, 6.45) is 1.60. The number of benzene rings is 1. The number of hydrogen-bond acceptors (Lipinski definition) is 4. The van der Waals surface area contributed by atoms with E-state index in [9.17, 15) is 4.79 Å². The molecule has 2 aromatic rings. The maximum Gasteiger partial charge on any atom is 0.238 e. The van der Waals surface area contributed by atoms with Crippen LogP contribution in [0, 0.1) is 6.92 Å². The molecule has 0 atom stereocenters. The van der Waals surface area contributed by atoms with Crippen molar-refractivity contribution in [3.63, 3.8) is 0 Å². The molecule has 4 N–H and O–H groups in total. The van der Waals surface area contributed by atoms with Gasteiger partial charge in [-0.1, -0.05) is 29.8 Å². The third kappa shape index (κ3) is 4.07. The fraction of sp³-hybridized carbons (Fsp3) is 0.200. The number of anilines is 2. The van der Waals surface area contributed by atoms with Crippen LogP contribution >= 0.6 is 0 Å². The summed E-state index contributed by atoms with van der Waals surface area (Å²) in [5.41, 5.74) is 8.30. The molecule has 0 saturated heterocycles. The average Bonchev–Trinajstić information content (AvgIpc) is 2.48. The van der Waals surface area contributed by atoms with Crippen molar-refractivity contribution in [2.75, 3.05) is 17.2 Å². The minimum Gasteiger partial charge on any atom is -0.366 e. The molecule has 0 radical (unpaired) electrons. The van der Waals surface area contributed by atoms with E-state index >= 15 is 0 Å². The van der Waals surface area contributed by atoms with E-state index in [2.05, 4.69) is 46.8 Å². The van der Waals surface area contributed by atoms with Crippen molar-refractivity contribution in [3.8, 4) is 0 Å². The van der Waals surface area contributed by atoms with Crippen molar-refractivity contribution in [1.82, 2.24) is 4.98 Å². The molecule has 0 aliphatic rings. The molecule has 2 rings (SSSR count). The van der Waals surface area contributed by atoms with E-state index in [4.69, 9.17) is 5.73 Å². The summed E-state index contributed by atoms with van der Waals surface area (Å²) < 4.78 is 0. The molecule has 1 aromatic carbocycles. The lowest BCUT2D eigenvalue weighted by Gasteiger charge is -2.07. The van der Waals surface area contributed by atoms with Gasteiger partial charge in [-0.2, -0.15) is 0 Å². The minimum atomic E-state index is -0.229. The van der Waals surface area contributed by atoms with Crippen LogP contribution in [0.3, 0.4) is 0 Å². The molecule has 1 heterocycles. The first-order valence-corrected chi connectivity index (χ1v) is 6.43. The lowest BCUT2D eigenvalue weighted by Crippen LogP contribution is -2.21. The van der Waals surface area contributed by atoms with Crippen molar-refractivity contribution in [1.29, 1.82) is 0 Å². The molecule has 0 aliphatic carbocycles. The number of rotatable bonds is 5. The van der Waals surface area contributed by atoms with Gasteiger partial charge in [0.15, 0.2) is 0 Å². The first-order chi connectivity index (χ1) is 9.67. The fourth-order valence-electron chi connectivity index (χ4n) is 1.68. The number of aromatic nitrogens is 1. The first-order valence-electron chi connectivity index (χ1n) is 6.43. The van der Waals surface area contributed by atoms with E-state index < -0.39 is 0 Å². The number of nitrogens with two attached hydrogens (primary N) is 1. The van der Waals surface area contributed by atoms with Crippen LogP contribution < -0.4 is 16.4 Å². The molecule has 0 fully saturated rings. The quantitative estimate of drug-likeness (QED) is 0.775. The molecule has 0 bridgehead atoms. The minimum absolute atomic E-state index is 0.0343. The summed E-state index contributed by atoms with van der Waals surface area (Å²) in [7, 11) is 0. The predicted molar refractivity (Wildman–Crippen MR) is 80.4 cm³/mol. The molecular weight excluding hydrogens is 252 g/mol. The van der Waals surface area contributed by atoms with E-state index in [0.29, 0.717) is 12.2 Å². The van der Waals surface area contributed by atoms with Crippen molar-refractivity contribution < 1.29 is 4.79 Å². The van der Waals surface area contributed by atoms with E-state index in [1.165, 1.54) is 11.1 Å². The van der Waals surface area contributed by atoms with Crippen LogP contribution in [0.15, 0.2) is 42.6 Å². The zero-order valence-corrected chi connectivity index (χ0v) is 11.4. The lowest BCUT2D eigenvalue weighted by atomic mass is 10.1. The van der Waals surface area contributed by atoms with Crippen molar-refractivity contribution >= 4 is 17.4 Å². The largest absolute Gasteiger partial charge is 0.366 e. The number of carbonyl (C=O) groups excluding carboxylic acids is 1. The van der Waals surface area contributed by atoms with Crippen LogP contribution in [0.2, 0.25) is 0 Å². The monoisotopic (exact) mass is 270 g/mol. The van der Waals surface area contributed by atoms with Crippen LogP contribution in [-0.2, 0) is 11.3 Å². The summed E-state index contributed by atoms with van der Waals surface area (Å²) in [5, 5.41) is 5.87. The second kappa shape index (κ2) is 6.68. The van der Waals surface area contributed by atoms with Gasteiger partial charge in [0.05, 0.1) is 18.4 Å². The molecule has 0 unspecified atom stereocenters. The topological polar surface area (TPSA) is 80.0 Å². The van der Waals surface area contributed by atoms with Gasteiger partial charge in [-0.15, -0.1) is 0 Å². The zero-order chi connectivity index (χ0) is 14.4. The summed E-state index contributed by atoms with van der Waals surface area (Å²) in [6, 6.07) is 11.9. The van der Waals surface area contributed by atoms with E-state index in [1.54, 1.807) is 12.3 Å². The Morgan fingerprint density at radius 2 is 1.95 bits per heavy atom. The van der Waals surface area contributed by atoms with Crippen molar-refractivity contribution in [2.24, 2.45) is 5.73 Å². The highest BCUT2D eigenvalue weighted by atomic mass is 16.1. The Morgan fingerprint density at radius 3 is 2.55 bits per heavy atom. The van der Waals surface area contributed by atoms with Crippen LogP contribution in [-0.4, -0.2) is 17.4 Å². The third-order valence-electron chi connectivity index (χ3n) is 2.83. The lowest BCUT2D eigenvalue weighted by molar-refractivity contribution is -0.114. The second-order valence-corrected chi connectivity index (χ2v) is 4.52. The van der Waals surface area contributed by atoms with Gasteiger partial charge in [-0.05, 0) is 24.6 Å². The van der Waals surface area contributed by atoms with Gasteiger partial charge < -0.3 is 16.4 Å². The third-order valence-corrected chi connectivity index (χ3v) is 2.83. The summed E-state index contributed by atoms with van der Waals surface area (Å²) in [5.74, 6) is 0.531. The molecule has 104 valence electrons. The number of nitrogens with zero attached hydrogens (tertiary/aromatic N) is 1. The maximum absolute atomic E-state index is 11.1. The van der Waals surface area contributed by atoms with Gasteiger partial charge in [0.25, 0.3) is 0 Å². The molecule has 1 aromatic heterocycles. The van der Waals surface area contributed by atoms with Crippen LogP contribution in [0.5, 0.6) is 0 Å². The highest BCUT2D eigenvalue weighted by Gasteiger charge is 2.00. The van der Waals surface area contributed by atoms with Gasteiger partial charge in [0.2, 0.25) is 5.91 Å². The number of pyridine rings is 1. The van der Waals surface area contributed by atoms with Crippen LogP contribution in [0.25, 0.3) is 0 Å². The Kier molecular flexibility index (Phi) is 4.68. The highest BCUT2D eigenvalue weighted by Crippen LogP contribution is 2.11. The molecule has 20 heavy (non-hydrogen) atoms. The van der Waals surface area contributed by atoms with Crippen molar-refractivity contribution in [2.45, 2.75) is 13.5 Å². The number of aryl methyl sites for hydroxylation is 1. The SMILES string of the molecule is Cc1ccc(CNc2ccc(NC(=O)CN)cn2)cc1. The Bertz CT molecular complexity index is 563. The standard InChI is InChI=1S/C15H18N4O/c1-11-2-4-12(5-3-11)9-17-14-7-6-13(10-18-14)19-15(20)8-16/h2-7,10H,8-9,16H2,1H3,(H,17,18)(H,19,20). The zero-order valence-electron chi connectivity index (χ0n) is 11.4. The Labute approximate surface area is 118 Å². The molecule has 1 amide bonds. The van der Waals surface area contributed by atoms with Gasteiger partial charge in [0, 0.05) is 6.54 Å². The van der Waals surface area contributed by atoms with Gasteiger partial charge >= 0.3 is 0 Å². The molecule has 0 saturated carbocycles. The molecule has 5 heteroatoms. The van der Waals surface area contributed by atoms with E-state index in [-0.39, 0.29) is 12.5 Å². The molecule has 5 nitrogen and oxygen atoms in total. The second-order valence-electron chi connectivity index (χ2n) is 4.52. The Hall–Kier alpha value is -2.40. The van der Waals surface area contributed by atoms with Gasteiger partial charge in [-0.25, -0.2) is 4.98 Å². The van der Waals surface area contributed by atoms with Crippen molar-refractivity contribution in [3.05, 3.63) is 53.7 Å². The highest BCUT2D eigenvalue weighted by molar-refractivity contribution is 5.91. The molecular formula is C15H18N4O. The van der Waals surface area contributed by atoms with E-state index in [1.807, 2.05) is 6.07 Å².